The minimum absolute atomic E-state index is 0.0770. The molecular formula is C20H21N5O3. The van der Waals surface area contributed by atoms with Gasteiger partial charge >= 0.3 is 0 Å². The summed E-state index contributed by atoms with van der Waals surface area (Å²) >= 11 is 0. The van der Waals surface area contributed by atoms with Gasteiger partial charge in [0, 0.05) is 54.9 Å². The van der Waals surface area contributed by atoms with Crippen molar-refractivity contribution in [3.8, 4) is 0 Å². The number of fused-ring (bicyclic) bond motifs is 1. The van der Waals surface area contributed by atoms with Crippen LogP contribution in [0.15, 0.2) is 48.7 Å². The van der Waals surface area contributed by atoms with Crippen LogP contribution in [0.5, 0.6) is 0 Å². The van der Waals surface area contributed by atoms with Gasteiger partial charge in [-0.1, -0.05) is 0 Å². The molecule has 0 amide bonds. The zero-order valence-corrected chi connectivity index (χ0v) is 15.6. The van der Waals surface area contributed by atoms with Crippen molar-refractivity contribution in [2.45, 2.75) is 13.6 Å². The van der Waals surface area contributed by atoms with Gasteiger partial charge in [0.15, 0.2) is 5.78 Å². The summed E-state index contributed by atoms with van der Waals surface area (Å²) in [6.07, 6.45) is 1.68. The molecule has 0 atom stereocenters. The molecular weight excluding hydrogens is 358 g/mol. The number of ketones is 1. The lowest BCUT2D eigenvalue weighted by molar-refractivity contribution is -0.384. The highest BCUT2D eigenvalue weighted by molar-refractivity contribution is 5.94. The summed E-state index contributed by atoms with van der Waals surface area (Å²) in [6.45, 7) is 5.79. The summed E-state index contributed by atoms with van der Waals surface area (Å²) in [6, 6.07) is 12.6. The number of hydrogen-bond acceptors (Lipinski definition) is 6. The fourth-order valence-electron chi connectivity index (χ4n) is 3.54. The number of anilines is 1. The predicted molar refractivity (Wildman–Crippen MR) is 107 cm³/mol. The maximum atomic E-state index is 11.4. The molecule has 1 fully saturated rings. The number of benzene rings is 2. The summed E-state index contributed by atoms with van der Waals surface area (Å²) in [7, 11) is 0. The highest BCUT2D eigenvalue weighted by Gasteiger charge is 2.19. The Bertz CT molecular complexity index is 1020. The summed E-state index contributed by atoms with van der Waals surface area (Å²) in [5.74, 6) is 0.0770. The van der Waals surface area contributed by atoms with E-state index in [1.807, 2.05) is 28.9 Å². The third kappa shape index (κ3) is 3.59. The second-order valence-corrected chi connectivity index (χ2v) is 6.99. The van der Waals surface area contributed by atoms with Crippen LogP contribution in [-0.4, -0.2) is 51.6 Å². The Kier molecular flexibility index (Phi) is 4.79. The first kappa shape index (κ1) is 18.1. The van der Waals surface area contributed by atoms with Crippen molar-refractivity contribution < 1.29 is 9.72 Å². The molecule has 1 aromatic heterocycles. The molecule has 0 bridgehead atoms. The second-order valence-electron chi connectivity index (χ2n) is 6.99. The molecule has 4 rings (SSSR count). The molecule has 1 aliphatic rings. The average Bonchev–Trinajstić information content (AvgIpc) is 3.10. The minimum atomic E-state index is -0.390. The van der Waals surface area contributed by atoms with Crippen molar-refractivity contribution >= 4 is 28.1 Å². The Balaban J connectivity index is 1.40. The smallest absolute Gasteiger partial charge is 0.270 e. The number of non-ortho nitro benzene ring substituents is 1. The Hall–Kier alpha value is -3.26. The van der Waals surface area contributed by atoms with Crippen molar-refractivity contribution in [2.24, 2.45) is 0 Å². The number of Topliss-reactive ketones (excluding diaryl/α,β-unsaturated/α-hetero) is 1. The first-order valence-electron chi connectivity index (χ1n) is 9.19. The number of nitro benzene ring substituents is 1. The van der Waals surface area contributed by atoms with Gasteiger partial charge in [0.05, 0.1) is 23.3 Å². The van der Waals surface area contributed by atoms with Crippen LogP contribution in [0.1, 0.15) is 17.3 Å². The van der Waals surface area contributed by atoms with E-state index in [0.29, 0.717) is 6.67 Å². The zero-order valence-electron chi connectivity index (χ0n) is 15.6. The summed E-state index contributed by atoms with van der Waals surface area (Å²) in [5.41, 5.74) is 2.83. The standard InChI is InChI=1S/C20H21N5O3/c1-15(26)16-2-4-18(5-3-16)23-10-8-22(9-11-23)14-24-20-7-6-19(25(27)28)12-17(20)13-21-24/h2-7,12-13H,8-11,14H2,1H3. The lowest BCUT2D eigenvalue weighted by Crippen LogP contribution is -2.46. The largest absolute Gasteiger partial charge is 0.369 e. The Labute approximate surface area is 162 Å². The topological polar surface area (TPSA) is 84.5 Å². The number of aromatic nitrogens is 2. The summed E-state index contributed by atoms with van der Waals surface area (Å²) in [5, 5.41) is 16.1. The lowest BCUT2D eigenvalue weighted by Gasteiger charge is -2.36. The highest BCUT2D eigenvalue weighted by Crippen LogP contribution is 2.22. The van der Waals surface area contributed by atoms with Crippen LogP contribution in [0.2, 0.25) is 0 Å². The van der Waals surface area contributed by atoms with E-state index in [1.54, 1.807) is 25.3 Å². The first-order valence-corrected chi connectivity index (χ1v) is 9.19. The van der Waals surface area contributed by atoms with Crippen LogP contribution in [0.4, 0.5) is 11.4 Å². The SMILES string of the molecule is CC(=O)c1ccc(N2CCN(Cn3ncc4cc([N+](=O)[O-])ccc43)CC2)cc1. The van der Waals surface area contributed by atoms with E-state index in [2.05, 4.69) is 14.9 Å². The van der Waals surface area contributed by atoms with Crippen LogP contribution >= 0.6 is 0 Å². The van der Waals surface area contributed by atoms with Crippen LogP contribution < -0.4 is 4.90 Å². The van der Waals surface area contributed by atoms with Crippen LogP contribution in [0.25, 0.3) is 10.9 Å². The number of nitro groups is 1. The van der Waals surface area contributed by atoms with Crippen LogP contribution in [-0.2, 0) is 6.67 Å². The number of carbonyl (C=O) groups excluding carboxylic acids is 1. The maximum Gasteiger partial charge on any atom is 0.270 e. The number of nitrogens with zero attached hydrogens (tertiary/aromatic N) is 5. The monoisotopic (exact) mass is 379 g/mol. The Morgan fingerprint density at radius 2 is 1.82 bits per heavy atom. The molecule has 1 saturated heterocycles. The highest BCUT2D eigenvalue weighted by atomic mass is 16.6. The quantitative estimate of drug-likeness (QED) is 0.385. The van der Waals surface area contributed by atoms with Crippen LogP contribution in [0.3, 0.4) is 0 Å². The van der Waals surface area contributed by atoms with Crippen molar-refractivity contribution in [2.75, 3.05) is 31.1 Å². The molecule has 28 heavy (non-hydrogen) atoms. The zero-order chi connectivity index (χ0) is 19.7. The number of piperazine rings is 1. The third-order valence-electron chi connectivity index (χ3n) is 5.18. The van der Waals surface area contributed by atoms with E-state index in [1.165, 1.54) is 6.07 Å². The van der Waals surface area contributed by atoms with E-state index in [4.69, 9.17) is 0 Å². The van der Waals surface area contributed by atoms with E-state index in [-0.39, 0.29) is 16.4 Å². The van der Waals surface area contributed by atoms with Crippen molar-refractivity contribution in [3.05, 3.63) is 64.3 Å². The maximum absolute atomic E-state index is 11.4. The number of rotatable bonds is 5. The minimum Gasteiger partial charge on any atom is -0.369 e. The molecule has 3 aromatic rings. The molecule has 0 N–H and O–H groups in total. The molecule has 144 valence electrons. The molecule has 2 aromatic carbocycles. The van der Waals surface area contributed by atoms with Crippen molar-refractivity contribution in [3.63, 3.8) is 0 Å². The number of hydrogen-bond donors (Lipinski definition) is 0. The van der Waals surface area contributed by atoms with E-state index in [0.717, 1.165) is 48.3 Å². The van der Waals surface area contributed by atoms with E-state index < -0.39 is 0 Å². The van der Waals surface area contributed by atoms with Gasteiger partial charge in [0.1, 0.15) is 0 Å². The van der Waals surface area contributed by atoms with Gasteiger partial charge < -0.3 is 4.90 Å². The van der Waals surface area contributed by atoms with Gasteiger partial charge in [-0.15, -0.1) is 0 Å². The molecule has 0 radical (unpaired) electrons. The molecule has 8 heteroatoms. The summed E-state index contributed by atoms with van der Waals surface area (Å²) in [4.78, 5) is 26.6. The fourth-order valence-corrected chi connectivity index (χ4v) is 3.54. The van der Waals surface area contributed by atoms with Gasteiger partial charge in [-0.3, -0.25) is 24.5 Å². The molecule has 0 spiro atoms. The lowest BCUT2D eigenvalue weighted by atomic mass is 10.1. The van der Waals surface area contributed by atoms with Crippen molar-refractivity contribution in [1.82, 2.24) is 14.7 Å². The predicted octanol–water partition coefficient (Wildman–Crippen LogP) is 2.93. The van der Waals surface area contributed by atoms with Gasteiger partial charge in [0.25, 0.3) is 5.69 Å². The fraction of sp³-hybridized carbons (Fsp3) is 0.300. The van der Waals surface area contributed by atoms with Gasteiger partial charge in [-0.2, -0.15) is 5.10 Å². The molecule has 0 saturated carbocycles. The second kappa shape index (κ2) is 7.40. The molecule has 0 aliphatic carbocycles. The Morgan fingerprint density at radius 1 is 1.11 bits per heavy atom. The van der Waals surface area contributed by atoms with Gasteiger partial charge in [0.2, 0.25) is 0 Å². The molecule has 0 unspecified atom stereocenters. The van der Waals surface area contributed by atoms with Crippen molar-refractivity contribution in [1.29, 1.82) is 0 Å². The number of carbonyl (C=O) groups is 1. The van der Waals surface area contributed by atoms with Crippen LogP contribution in [0, 0.1) is 10.1 Å². The molecule has 2 heterocycles. The normalized spacial score (nSPS) is 15.1. The molecule has 8 nitrogen and oxygen atoms in total. The van der Waals surface area contributed by atoms with Gasteiger partial charge in [-0.05, 0) is 37.3 Å². The first-order chi connectivity index (χ1) is 13.5. The summed E-state index contributed by atoms with van der Waals surface area (Å²) < 4.78 is 1.89. The average molecular weight is 379 g/mol. The Morgan fingerprint density at radius 3 is 2.46 bits per heavy atom. The third-order valence-corrected chi connectivity index (χ3v) is 5.18. The van der Waals surface area contributed by atoms with E-state index in [9.17, 15) is 14.9 Å². The molecule has 1 aliphatic heterocycles. The van der Waals surface area contributed by atoms with Gasteiger partial charge in [-0.25, -0.2) is 0 Å². The van der Waals surface area contributed by atoms with E-state index >= 15 is 0 Å².